The van der Waals surface area contributed by atoms with E-state index in [2.05, 4.69) is 43.3 Å². The van der Waals surface area contributed by atoms with Gasteiger partial charge in [0.1, 0.15) is 12.4 Å². The number of hydrogen-bond acceptors (Lipinski definition) is 4. The molecule has 2 rings (SSSR count). The second-order valence-corrected chi connectivity index (χ2v) is 6.30. The Morgan fingerprint density at radius 3 is 2.81 bits per heavy atom. The number of nitrogens with zero attached hydrogens (tertiary/aromatic N) is 1. The predicted molar refractivity (Wildman–Crippen MR) is 89.0 cm³/mol. The van der Waals surface area contributed by atoms with E-state index in [1.807, 2.05) is 6.07 Å². The molecule has 2 N–H and O–H groups in total. The molecule has 1 unspecified atom stereocenters. The molecule has 0 aliphatic carbocycles. The van der Waals surface area contributed by atoms with E-state index >= 15 is 0 Å². The largest absolute Gasteiger partial charge is 0.487 e. The first-order valence-electron chi connectivity index (χ1n) is 7.53. The van der Waals surface area contributed by atoms with Gasteiger partial charge in [0, 0.05) is 11.4 Å². The van der Waals surface area contributed by atoms with Crippen LogP contribution in [0, 0.1) is 6.92 Å². The molecule has 0 aliphatic heterocycles. The van der Waals surface area contributed by atoms with Gasteiger partial charge in [0.2, 0.25) is 0 Å². The van der Waals surface area contributed by atoms with Gasteiger partial charge in [-0.2, -0.15) is 0 Å². The minimum Gasteiger partial charge on any atom is -0.487 e. The summed E-state index contributed by atoms with van der Waals surface area (Å²) in [6.07, 6.45) is 2.80. The minimum atomic E-state index is 0.181. The molecule has 2 aromatic rings. The van der Waals surface area contributed by atoms with Crippen molar-refractivity contribution >= 4 is 11.3 Å². The van der Waals surface area contributed by atoms with Crippen molar-refractivity contribution in [3.8, 4) is 5.75 Å². The lowest BCUT2D eigenvalue weighted by Gasteiger charge is -2.14. The summed E-state index contributed by atoms with van der Waals surface area (Å²) in [5, 5.41) is 3.23. The number of aromatic nitrogens is 1. The highest BCUT2D eigenvalue weighted by molar-refractivity contribution is 7.09. The lowest BCUT2D eigenvalue weighted by atomic mass is 10.0. The van der Waals surface area contributed by atoms with Gasteiger partial charge >= 0.3 is 0 Å². The molecule has 3 nitrogen and oxygen atoms in total. The Bertz CT molecular complexity index is 580. The summed E-state index contributed by atoms with van der Waals surface area (Å²) < 4.78 is 5.97. The second-order valence-electron chi connectivity index (χ2n) is 5.36. The molecular weight excluding hydrogens is 280 g/mol. The third-order valence-electron chi connectivity index (χ3n) is 3.50. The van der Waals surface area contributed by atoms with Gasteiger partial charge in [-0.1, -0.05) is 31.5 Å². The molecule has 0 spiro atoms. The van der Waals surface area contributed by atoms with Crippen LogP contribution in [0.4, 0.5) is 0 Å². The minimum absolute atomic E-state index is 0.181. The molecule has 0 amide bonds. The molecule has 21 heavy (non-hydrogen) atoms. The highest BCUT2D eigenvalue weighted by Gasteiger charge is 2.09. The third kappa shape index (κ3) is 4.55. The molecule has 0 aliphatic rings. The normalized spacial score (nSPS) is 12.4. The Kier molecular flexibility index (Phi) is 5.76. The zero-order valence-corrected chi connectivity index (χ0v) is 13.9. The van der Waals surface area contributed by atoms with E-state index in [4.69, 9.17) is 10.5 Å². The van der Waals surface area contributed by atoms with Gasteiger partial charge in [0.15, 0.2) is 0 Å². The van der Waals surface area contributed by atoms with Crippen molar-refractivity contribution in [1.29, 1.82) is 0 Å². The number of ether oxygens (including phenoxy) is 1. The van der Waals surface area contributed by atoms with E-state index < -0.39 is 0 Å². The fourth-order valence-electron chi connectivity index (χ4n) is 2.16. The van der Waals surface area contributed by atoms with Gasteiger partial charge < -0.3 is 10.5 Å². The van der Waals surface area contributed by atoms with Gasteiger partial charge in [0.05, 0.1) is 10.7 Å². The summed E-state index contributed by atoms with van der Waals surface area (Å²) in [4.78, 5) is 4.54. The standard InChI is InChI=1S/C17H24N2OS/c1-4-14(18)9-13-8-12(3)6-7-16(13)20-10-15-11-21-17(5-2)19-15/h6-8,11,14H,4-5,9-10,18H2,1-3H3. The molecule has 0 radical (unpaired) electrons. The third-order valence-corrected chi connectivity index (χ3v) is 4.54. The van der Waals surface area contributed by atoms with Gasteiger partial charge in [-0.05, 0) is 37.8 Å². The lowest BCUT2D eigenvalue weighted by molar-refractivity contribution is 0.298. The molecule has 114 valence electrons. The average Bonchev–Trinajstić information content (AvgIpc) is 2.94. The Labute approximate surface area is 131 Å². The van der Waals surface area contributed by atoms with Gasteiger partial charge in [-0.15, -0.1) is 11.3 Å². The van der Waals surface area contributed by atoms with E-state index in [0.29, 0.717) is 6.61 Å². The summed E-state index contributed by atoms with van der Waals surface area (Å²) in [6, 6.07) is 6.47. The van der Waals surface area contributed by atoms with Crippen LogP contribution in [0.15, 0.2) is 23.6 Å². The molecule has 1 aromatic heterocycles. The van der Waals surface area contributed by atoms with Crippen molar-refractivity contribution in [3.05, 3.63) is 45.4 Å². The van der Waals surface area contributed by atoms with Crippen molar-refractivity contribution in [2.75, 3.05) is 0 Å². The molecule has 0 bridgehead atoms. The molecule has 1 aromatic carbocycles. The number of nitrogens with two attached hydrogens (primary N) is 1. The first-order valence-corrected chi connectivity index (χ1v) is 8.41. The molecule has 4 heteroatoms. The van der Waals surface area contributed by atoms with E-state index in [-0.39, 0.29) is 6.04 Å². The summed E-state index contributed by atoms with van der Waals surface area (Å²) in [5.41, 5.74) is 9.52. The quantitative estimate of drug-likeness (QED) is 0.844. The van der Waals surface area contributed by atoms with Crippen LogP contribution in [0.25, 0.3) is 0 Å². The second kappa shape index (κ2) is 7.57. The number of thiazole rings is 1. The van der Waals surface area contributed by atoms with E-state index in [9.17, 15) is 0 Å². The molecule has 0 saturated heterocycles. The first-order chi connectivity index (χ1) is 10.1. The van der Waals surface area contributed by atoms with Gasteiger partial charge in [0.25, 0.3) is 0 Å². The zero-order valence-electron chi connectivity index (χ0n) is 13.1. The van der Waals surface area contributed by atoms with Crippen LogP contribution in [0.5, 0.6) is 5.75 Å². The summed E-state index contributed by atoms with van der Waals surface area (Å²) in [5.74, 6) is 0.926. The van der Waals surface area contributed by atoms with E-state index in [1.165, 1.54) is 11.1 Å². The highest BCUT2D eigenvalue weighted by Crippen LogP contribution is 2.23. The van der Waals surface area contributed by atoms with Crippen molar-refractivity contribution in [3.63, 3.8) is 0 Å². The monoisotopic (exact) mass is 304 g/mol. The van der Waals surface area contributed by atoms with Crippen LogP contribution >= 0.6 is 11.3 Å². The summed E-state index contributed by atoms with van der Waals surface area (Å²) in [6.45, 7) is 6.85. The smallest absolute Gasteiger partial charge is 0.131 e. The van der Waals surface area contributed by atoms with Crippen LogP contribution < -0.4 is 10.5 Å². The molecule has 1 atom stereocenters. The summed E-state index contributed by atoms with van der Waals surface area (Å²) >= 11 is 1.69. The zero-order chi connectivity index (χ0) is 15.2. The first kappa shape index (κ1) is 16.0. The molecule has 1 heterocycles. The van der Waals surface area contributed by atoms with E-state index in [0.717, 1.165) is 35.7 Å². The molecule has 0 fully saturated rings. The molecule has 0 saturated carbocycles. The van der Waals surface area contributed by atoms with Gasteiger partial charge in [-0.3, -0.25) is 0 Å². The maximum atomic E-state index is 6.09. The average molecular weight is 304 g/mol. The number of benzene rings is 1. The van der Waals surface area contributed by atoms with Crippen molar-refractivity contribution in [1.82, 2.24) is 4.98 Å². The number of aryl methyl sites for hydroxylation is 2. The SMILES string of the molecule is CCc1nc(COc2ccc(C)cc2CC(N)CC)cs1. The topological polar surface area (TPSA) is 48.1 Å². The van der Waals surface area contributed by atoms with E-state index in [1.54, 1.807) is 11.3 Å². The van der Waals surface area contributed by atoms with Crippen LogP contribution in [0.2, 0.25) is 0 Å². The number of hydrogen-bond donors (Lipinski definition) is 1. The molecular formula is C17H24N2OS. The Morgan fingerprint density at radius 2 is 2.14 bits per heavy atom. The lowest BCUT2D eigenvalue weighted by Crippen LogP contribution is -2.21. The highest BCUT2D eigenvalue weighted by atomic mass is 32.1. The number of rotatable bonds is 7. The Morgan fingerprint density at radius 1 is 1.33 bits per heavy atom. The van der Waals surface area contributed by atoms with Gasteiger partial charge in [-0.25, -0.2) is 4.98 Å². The van der Waals surface area contributed by atoms with Crippen molar-refractivity contribution < 1.29 is 4.74 Å². The Balaban J connectivity index is 2.07. The van der Waals surface area contributed by atoms with Crippen LogP contribution in [0.1, 0.15) is 42.1 Å². The Hall–Kier alpha value is -1.39. The van der Waals surface area contributed by atoms with Crippen molar-refractivity contribution in [2.24, 2.45) is 5.73 Å². The van der Waals surface area contributed by atoms with Crippen LogP contribution in [-0.4, -0.2) is 11.0 Å². The fourth-order valence-corrected chi connectivity index (χ4v) is 2.89. The predicted octanol–water partition coefficient (Wildman–Crippen LogP) is 3.87. The maximum Gasteiger partial charge on any atom is 0.131 e. The maximum absolute atomic E-state index is 6.09. The summed E-state index contributed by atoms with van der Waals surface area (Å²) in [7, 11) is 0. The van der Waals surface area contributed by atoms with Crippen LogP contribution in [-0.2, 0) is 19.4 Å². The van der Waals surface area contributed by atoms with Crippen LogP contribution in [0.3, 0.4) is 0 Å². The van der Waals surface area contributed by atoms with Crippen molar-refractivity contribution in [2.45, 2.75) is 52.7 Å². The fraction of sp³-hybridized carbons (Fsp3) is 0.471.